The van der Waals surface area contributed by atoms with Crippen LogP contribution in [0.3, 0.4) is 0 Å². The Hall–Kier alpha value is -1.86. The number of piperazine rings is 1. The highest BCUT2D eigenvalue weighted by Gasteiger charge is 2.35. The molecule has 1 fully saturated rings. The predicted molar refractivity (Wildman–Crippen MR) is 100 cm³/mol. The van der Waals surface area contributed by atoms with Gasteiger partial charge in [0.1, 0.15) is 5.82 Å². The van der Waals surface area contributed by atoms with Gasteiger partial charge in [0, 0.05) is 44.2 Å². The zero-order chi connectivity index (χ0) is 18.7. The van der Waals surface area contributed by atoms with E-state index in [1.165, 1.54) is 11.6 Å². The van der Waals surface area contributed by atoms with Crippen LogP contribution in [-0.4, -0.2) is 53.3 Å². The third-order valence-electron chi connectivity index (χ3n) is 5.70. The van der Waals surface area contributed by atoms with Crippen molar-refractivity contribution in [2.75, 3.05) is 31.6 Å². The number of nitrogens with zero attached hydrogens (tertiary/aromatic N) is 4. The van der Waals surface area contributed by atoms with Crippen LogP contribution in [-0.2, 0) is 7.05 Å². The molecule has 2 aliphatic rings. The molecular formula is C18H22ClFN4O2. The van der Waals surface area contributed by atoms with Gasteiger partial charge in [0.2, 0.25) is 0 Å². The number of aromatic nitrogens is 2. The van der Waals surface area contributed by atoms with Gasteiger partial charge in [0.05, 0.1) is 22.5 Å². The number of hydrogen-bond acceptors (Lipinski definition) is 5. The Kier molecular flexibility index (Phi) is 4.11. The lowest BCUT2D eigenvalue weighted by Gasteiger charge is -2.45. The molecule has 1 saturated heterocycles. The first-order valence-electron chi connectivity index (χ1n) is 8.79. The minimum atomic E-state index is -0.500. The van der Waals surface area contributed by atoms with Gasteiger partial charge in [-0.05, 0) is 20.9 Å². The lowest BCUT2D eigenvalue weighted by Crippen LogP contribution is -2.57. The summed E-state index contributed by atoms with van der Waals surface area (Å²) in [7, 11) is 3.61. The number of hydrogen-bond donors (Lipinski definition) is 0. The summed E-state index contributed by atoms with van der Waals surface area (Å²) in [6.07, 6.45) is 0.779. The highest BCUT2D eigenvalue weighted by atomic mass is 35.5. The Bertz CT molecular complexity index is 961. The number of fused-ring (bicyclic) bond motifs is 2. The predicted octanol–water partition coefficient (Wildman–Crippen LogP) is 2.33. The van der Waals surface area contributed by atoms with Crippen molar-refractivity contribution >= 4 is 28.3 Å². The van der Waals surface area contributed by atoms with E-state index in [4.69, 9.17) is 16.3 Å². The van der Waals surface area contributed by atoms with Crippen LogP contribution < -0.4 is 15.3 Å². The molecule has 0 radical (unpaired) electrons. The zero-order valence-corrected chi connectivity index (χ0v) is 16.1. The van der Waals surface area contributed by atoms with Crippen molar-refractivity contribution in [2.24, 2.45) is 7.05 Å². The van der Waals surface area contributed by atoms with E-state index in [9.17, 15) is 4.79 Å². The number of ether oxygens (including phenoxy) is 1. The summed E-state index contributed by atoms with van der Waals surface area (Å²) in [5, 5.41) is 0.735. The van der Waals surface area contributed by atoms with E-state index in [0.717, 1.165) is 13.0 Å². The Morgan fingerprint density at radius 2 is 2.04 bits per heavy atom. The highest BCUT2D eigenvalue weighted by Crippen LogP contribution is 2.43. The van der Waals surface area contributed by atoms with Gasteiger partial charge in [-0.1, -0.05) is 11.6 Å². The number of benzene rings is 1. The molecule has 3 heterocycles. The maximum absolute atomic E-state index is 15.1. The van der Waals surface area contributed by atoms with Crippen molar-refractivity contribution in [1.29, 1.82) is 0 Å². The van der Waals surface area contributed by atoms with Gasteiger partial charge in [-0.25, -0.2) is 9.18 Å². The van der Waals surface area contributed by atoms with Crippen LogP contribution in [0.15, 0.2) is 4.79 Å². The topological polar surface area (TPSA) is 50.6 Å². The summed E-state index contributed by atoms with van der Waals surface area (Å²) in [6, 6.07) is 0.442. The number of rotatable bonds is 0. The minimum Gasteiger partial charge on any atom is -0.491 e. The molecule has 6 nitrogen and oxygen atoms in total. The smallest absolute Gasteiger partial charge is 0.349 e. The molecule has 1 aromatic heterocycles. The standard InChI is InChI=1S/C18H22ClFN4O2/c1-9-7-24-11(8-22(9)3)5-6-26-16-12-15(14(20)10(2)13(16)19)23(4)18(25)21-17(12)24/h9,11H,5-8H2,1-4H3. The van der Waals surface area contributed by atoms with E-state index >= 15 is 4.39 Å². The summed E-state index contributed by atoms with van der Waals surface area (Å²) >= 11 is 6.42. The lowest BCUT2D eigenvalue weighted by atomic mass is 10.0. The Labute approximate surface area is 156 Å². The molecule has 140 valence electrons. The maximum atomic E-state index is 15.1. The summed E-state index contributed by atoms with van der Waals surface area (Å²) in [5.41, 5.74) is -0.000654. The highest BCUT2D eigenvalue weighted by molar-refractivity contribution is 6.34. The van der Waals surface area contributed by atoms with Gasteiger partial charge in [0.25, 0.3) is 0 Å². The summed E-state index contributed by atoms with van der Waals surface area (Å²) in [4.78, 5) is 21.2. The maximum Gasteiger partial charge on any atom is 0.349 e. The molecule has 0 spiro atoms. The van der Waals surface area contributed by atoms with Crippen molar-refractivity contribution in [3.05, 3.63) is 26.9 Å². The van der Waals surface area contributed by atoms with Gasteiger partial charge in [0.15, 0.2) is 11.6 Å². The lowest BCUT2D eigenvalue weighted by molar-refractivity contribution is 0.179. The molecule has 0 bridgehead atoms. The second-order valence-electron chi connectivity index (χ2n) is 7.31. The first-order chi connectivity index (χ1) is 12.3. The summed E-state index contributed by atoms with van der Waals surface area (Å²) in [5.74, 6) is 0.396. The Morgan fingerprint density at radius 1 is 1.31 bits per heavy atom. The third kappa shape index (κ3) is 2.41. The molecule has 4 rings (SSSR count). The first-order valence-corrected chi connectivity index (χ1v) is 9.17. The van der Waals surface area contributed by atoms with Crippen molar-refractivity contribution < 1.29 is 9.13 Å². The summed E-state index contributed by atoms with van der Waals surface area (Å²) in [6.45, 7) is 5.75. The fraction of sp³-hybridized carbons (Fsp3) is 0.556. The van der Waals surface area contributed by atoms with Gasteiger partial charge < -0.3 is 9.64 Å². The van der Waals surface area contributed by atoms with E-state index in [1.807, 2.05) is 0 Å². The van der Waals surface area contributed by atoms with Crippen molar-refractivity contribution in [3.8, 4) is 5.75 Å². The SMILES string of the molecule is Cc1c(Cl)c2c3c(nc(=O)n(C)c3c1F)N1CC(C)N(C)CC1CCO2. The normalized spacial score (nSPS) is 23.4. The minimum absolute atomic E-state index is 0.148. The molecule has 2 atom stereocenters. The largest absolute Gasteiger partial charge is 0.491 e. The molecule has 1 aromatic carbocycles. The molecular weight excluding hydrogens is 359 g/mol. The molecule has 2 unspecified atom stereocenters. The van der Waals surface area contributed by atoms with Crippen LogP contribution in [0.5, 0.6) is 5.75 Å². The van der Waals surface area contributed by atoms with Gasteiger partial charge in [-0.2, -0.15) is 4.98 Å². The fourth-order valence-corrected chi connectivity index (χ4v) is 4.17. The van der Waals surface area contributed by atoms with Crippen LogP contribution in [0, 0.1) is 12.7 Å². The van der Waals surface area contributed by atoms with Crippen LogP contribution in [0.2, 0.25) is 5.02 Å². The van der Waals surface area contributed by atoms with Gasteiger partial charge in [-0.3, -0.25) is 9.47 Å². The molecule has 26 heavy (non-hydrogen) atoms. The molecule has 0 aliphatic carbocycles. The Balaban J connectivity index is 2.09. The molecule has 2 aromatic rings. The zero-order valence-electron chi connectivity index (χ0n) is 15.3. The van der Waals surface area contributed by atoms with Crippen molar-refractivity contribution in [2.45, 2.75) is 32.4 Å². The van der Waals surface area contributed by atoms with Crippen molar-refractivity contribution in [3.63, 3.8) is 0 Å². The number of aryl methyl sites for hydroxylation is 1. The number of anilines is 1. The monoisotopic (exact) mass is 380 g/mol. The second-order valence-corrected chi connectivity index (χ2v) is 7.69. The molecule has 0 amide bonds. The molecule has 2 aliphatic heterocycles. The molecule has 8 heteroatoms. The van der Waals surface area contributed by atoms with Gasteiger partial charge in [-0.15, -0.1) is 0 Å². The third-order valence-corrected chi connectivity index (χ3v) is 6.15. The van der Waals surface area contributed by atoms with Gasteiger partial charge >= 0.3 is 5.69 Å². The van der Waals surface area contributed by atoms with Crippen LogP contribution in [0.4, 0.5) is 10.2 Å². The quantitative estimate of drug-likeness (QED) is 0.702. The Morgan fingerprint density at radius 3 is 2.77 bits per heavy atom. The summed E-state index contributed by atoms with van der Waals surface area (Å²) < 4.78 is 22.3. The van der Waals surface area contributed by atoms with E-state index in [2.05, 4.69) is 28.8 Å². The van der Waals surface area contributed by atoms with Crippen molar-refractivity contribution in [1.82, 2.24) is 14.5 Å². The van der Waals surface area contributed by atoms with E-state index < -0.39 is 11.5 Å². The average Bonchev–Trinajstić information content (AvgIpc) is 2.59. The number of halogens is 2. The van der Waals surface area contributed by atoms with Crippen LogP contribution in [0.25, 0.3) is 10.9 Å². The van der Waals surface area contributed by atoms with E-state index in [-0.39, 0.29) is 22.1 Å². The first kappa shape index (κ1) is 17.5. The molecule has 0 N–H and O–H groups in total. The average molecular weight is 381 g/mol. The van der Waals surface area contributed by atoms with E-state index in [1.54, 1.807) is 6.92 Å². The van der Waals surface area contributed by atoms with Crippen LogP contribution >= 0.6 is 11.6 Å². The molecule has 0 saturated carbocycles. The van der Waals surface area contributed by atoms with Crippen LogP contribution in [0.1, 0.15) is 18.9 Å². The van der Waals surface area contributed by atoms with E-state index in [0.29, 0.717) is 36.1 Å². The second kappa shape index (κ2) is 6.09. The fourth-order valence-electron chi connectivity index (χ4n) is 3.94. The number of likely N-dealkylation sites (N-methyl/N-ethyl adjacent to an activating group) is 1.